The summed E-state index contributed by atoms with van der Waals surface area (Å²) in [6.07, 6.45) is 6.00. The van der Waals surface area contributed by atoms with Crippen molar-refractivity contribution in [3.05, 3.63) is 41.6 Å². The molecular weight excluding hydrogens is 212 g/mol. The third-order valence-electron chi connectivity index (χ3n) is 1.81. The molecule has 0 bridgehead atoms. The highest BCUT2D eigenvalue weighted by Crippen LogP contribution is 2.23. The average Bonchev–Trinajstić information content (AvgIpc) is 2.30. The van der Waals surface area contributed by atoms with Crippen LogP contribution in [0.25, 0.3) is 11.3 Å². The van der Waals surface area contributed by atoms with Crippen LogP contribution in [0.1, 0.15) is 5.56 Å². The Balaban J connectivity index is 2.55. The number of pyridine rings is 1. The fraction of sp³-hybridized carbons (Fsp3) is 0. The monoisotopic (exact) mass is 216 g/mol. The van der Waals surface area contributed by atoms with Crippen LogP contribution in [0.3, 0.4) is 0 Å². The molecule has 0 spiro atoms. The first-order valence-corrected chi connectivity index (χ1v) is 4.50. The molecular formula is C10H5ClN4. The van der Waals surface area contributed by atoms with Gasteiger partial charge in [0.1, 0.15) is 12.4 Å². The van der Waals surface area contributed by atoms with Crippen LogP contribution >= 0.6 is 11.6 Å². The smallest absolute Gasteiger partial charge is 0.116 e. The summed E-state index contributed by atoms with van der Waals surface area (Å²) in [5.74, 6) is 0. The van der Waals surface area contributed by atoms with Gasteiger partial charge in [-0.25, -0.2) is 9.97 Å². The van der Waals surface area contributed by atoms with Crippen LogP contribution in [0.2, 0.25) is 5.02 Å². The van der Waals surface area contributed by atoms with Gasteiger partial charge in [0.05, 0.1) is 16.3 Å². The maximum atomic E-state index is 8.72. The molecule has 0 aliphatic rings. The molecule has 2 aromatic heterocycles. The Labute approximate surface area is 91.2 Å². The second kappa shape index (κ2) is 4.03. The molecule has 2 heterocycles. The molecule has 0 aromatic carbocycles. The summed E-state index contributed by atoms with van der Waals surface area (Å²) in [6.45, 7) is 0. The van der Waals surface area contributed by atoms with Gasteiger partial charge in [-0.3, -0.25) is 4.98 Å². The van der Waals surface area contributed by atoms with Gasteiger partial charge in [0.15, 0.2) is 0 Å². The molecule has 0 saturated heterocycles. The second-order valence-corrected chi connectivity index (χ2v) is 3.20. The fourth-order valence-corrected chi connectivity index (χ4v) is 1.37. The molecule has 0 amide bonds. The van der Waals surface area contributed by atoms with Gasteiger partial charge < -0.3 is 0 Å². The Morgan fingerprint density at radius 2 is 2.07 bits per heavy atom. The molecule has 15 heavy (non-hydrogen) atoms. The normalized spacial score (nSPS) is 9.60. The molecule has 72 valence electrons. The zero-order chi connectivity index (χ0) is 10.7. The lowest BCUT2D eigenvalue weighted by molar-refractivity contribution is 1.16. The Kier molecular flexibility index (Phi) is 2.57. The van der Waals surface area contributed by atoms with E-state index in [1.165, 1.54) is 18.7 Å². The van der Waals surface area contributed by atoms with Gasteiger partial charge in [-0.05, 0) is 6.07 Å². The van der Waals surface area contributed by atoms with E-state index < -0.39 is 0 Å². The lowest BCUT2D eigenvalue weighted by atomic mass is 10.1. The SMILES string of the molecule is N#Cc1cncc(-c2ncncc2Cl)c1. The molecule has 0 atom stereocenters. The molecule has 4 nitrogen and oxygen atoms in total. The molecule has 0 N–H and O–H groups in total. The standard InChI is InChI=1S/C10H5ClN4/c11-9-5-14-6-15-10(9)8-1-7(2-12)3-13-4-8/h1,3-6H. The Bertz CT molecular complexity index is 533. The Morgan fingerprint density at radius 3 is 2.80 bits per heavy atom. The Hall–Kier alpha value is -1.99. The summed E-state index contributed by atoms with van der Waals surface area (Å²) in [4.78, 5) is 11.7. The highest BCUT2D eigenvalue weighted by atomic mass is 35.5. The van der Waals surface area contributed by atoms with E-state index in [9.17, 15) is 0 Å². The van der Waals surface area contributed by atoms with E-state index in [-0.39, 0.29) is 0 Å². The molecule has 0 fully saturated rings. The maximum absolute atomic E-state index is 8.72. The van der Waals surface area contributed by atoms with Crippen molar-refractivity contribution < 1.29 is 0 Å². The Morgan fingerprint density at radius 1 is 1.20 bits per heavy atom. The van der Waals surface area contributed by atoms with Crippen LogP contribution < -0.4 is 0 Å². The van der Waals surface area contributed by atoms with Gasteiger partial charge >= 0.3 is 0 Å². The predicted octanol–water partition coefficient (Wildman–Crippen LogP) is 2.06. The van der Waals surface area contributed by atoms with Gasteiger partial charge in [0, 0.05) is 24.2 Å². The minimum absolute atomic E-state index is 0.439. The van der Waals surface area contributed by atoms with E-state index in [2.05, 4.69) is 15.0 Å². The van der Waals surface area contributed by atoms with Crippen LogP contribution in [-0.4, -0.2) is 15.0 Å². The van der Waals surface area contributed by atoms with E-state index in [0.717, 1.165) is 0 Å². The first kappa shape index (κ1) is 9.56. The highest BCUT2D eigenvalue weighted by molar-refractivity contribution is 6.32. The topological polar surface area (TPSA) is 62.5 Å². The fourth-order valence-electron chi connectivity index (χ4n) is 1.16. The molecule has 0 unspecified atom stereocenters. The minimum Gasteiger partial charge on any atom is -0.263 e. The van der Waals surface area contributed by atoms with Crippen LogP contribution in [0.15, 0.2) is 31.0 Å². The molecule has 0 aliphatic carbocycles. The third kappa shape index (κ3) is 1.92. The van der Waals surface area contributed by atoms with E-state index in [1.54, 1.807) is 12.3 Å². The summed E-state index contributed by atoms with van der Waals surface area (Å²) >= 11 is 5.92. The summed E-state index contributed by atoms with van der Waals surface area (Å²) < 4.78 is 0. The van der Waals surface area contributed by atoms with Crippen molar-refractivity contribution in [2.24, 2.45) is 0 Å². The van der Waals surface area contributed by atoms with Crippen LogP contribution in [0.5, 0.6) is 0 Å². The van der Waals surface area contributed by atoms with Crippen LogP contribution in [-0.2, 0) is 0 Å². The highest BCUT2D eigenvalue weighted by Gasteiger charge is 2.05. The number of nitriles is 1. The van der Waals surface area contributed by atoms with Crippen molar-refractivity contribution in [2.75, 3.05) is 0 Å². The summed E-state index contributed by atoms with van der Waals surface area (Å²) in [5.41, 5.74) is 1.76. The number of halogens is 1. The number of rotatable bonds is 1. The average molecular weight is 217 g/mol. The van der Waals surface area contributed by atoms with Crippen LogP contribution in [0.4, 0.5) is 0 Å². The van der Waals surface area contributed by atoms with E-state index in [0.29, 0.717) is 21.8 Å². The first-order valence-electron chi connectivity index (χ1n) is 4.12. The second-order valence-electron chi connectivity index (χ2n) is 2.79. The zero-order valence-corrected chi connectivity index (χ0v) is 8.31. The van der Waals surface area contributed by atoms with E-state index in [1.807, 2.05) is 6.07 Å². The lowest BCUT2D eigenvalue weighted by Gasteiger charge is -2.01. The van der Waals surface area contributed by atoms with Crippen molar-refractivity contribution >= 4 is 11.6 Å². The number of nitrogens with zero attached hydrogens (tertiary/aromatic N) is 4. The van der Waals surface area contributed by atoms with Gasteiger partial charge in [-0.15, -0.1) is 0 Å². The maximum Gasteiger partial charge on any atom is 0.116 e. The lowest BCUT2D eigenvalue weighted by Crippen LogP contribution is -1.88. The minimum atomic E-state index is 0.439. The molecule has 0 aliphatic heterocycles. The quantitative estimate of drug-likeness (QED) is 0.732. The van der Waals surface area contributed by atoms with Gasteiger partial charge in [-0.1, -0.05) is 11.6 Å². The zero-order valence-electron chi connectivity index (χ0n) is 7.55. The van der Waals surface area contributed by atoms with Gasteiger partial charge in [0.2, 0.25) is 0 Å². The van der Waals surface area contributed by atoms with Crippen molar-refractivity contribution in [1.82, 2.24) is 15.0 Å². The first-order chi connectivity index (χ1) is 7.31. The van der Waals surface area contributed by atoms with Crippen molar-refractivity contribution in [3.8, 4) is 17.3 Å². The molecule has 2 aromatic rings. The summed E-state index contributed by atoms with van der Waals surface area (Å²) in [7, 11) is 0. The van der Waals surface area contributed by atoms with Crippen molar-refractivity contribution in [3.63, 3.8) is 0 Å². The predicted molar refractivity (Wildman–Crippen MR) is 55.0 cm³/mol. The van der Waals surface area contributed by atoms with Gasteiger partial charge in [-0.2, -0.15) is 5.26 Å². The molecule has 0 saturated carbocycles. The van der Waals surface area contributed by atoms with E-state index in [4.69, 9.17) is 16.9 Å². The molecule has 0 radical (unpaired) electrons. The molecule has 5 heteroatoms. The van der Waals surface area contributed by atoms with Crippen molar-refractivity contribution in [2.45, 2.75) is 0 Å². The summed E-state index contributed by atoms with van der Waals surface area (Å²) in [5, 5.41) is 9.16. The van der Waals surface area contributed by atoms with Gasteiger partial charge in [0.25, 0.3) is 0 Å². The largest absolute Gasteiger partial charge is 0.263 e. The van der Waals surface area contributed by atoms with Crippen molar-refractivity contribution in [1.29, 1.82) is 5.26 Å². The number of hydrogen-bond donors (Lipinski definition) is 0. The number of hydrogen-bond acceptors (Lipinski definition) is 4. The third-order valence-corrected chi connectivity index (χ3v) is 2.08. The van der Waals surface area contributed by atoms with Crippen LogP contribution in [0, 0.1) is 11.3 Å². The number of aromatic nitrogens is 3. The van der Waals surface area contributed by atoms with E-state index >= 15 is 0 Å². The molecule has 2 rings (SSSR count). The summed E-state index contributed by atoms with van der Waals surface area (Å²) in [6, 6.07) is 3.69.